The molecule has 0 aliphatic heterocycles. The van der Waals surface area contributed by atoms with Crippen LogP contribution in [0.5, 0.6) is 0 Å². The van der Waals surface area contributed by atoms with Gasteiger partial charge in [-0.15, -0.1) is 0 Å². The molecule has 0 saturated heterocycles. The maximum atomic E-state index is 11.6. The van der Waals surface area contributed by atoms with Crippen molar-refractivity contribution in [2.75, 3.05) is 0 Å². The van der Waals surface area contributed by atoms with Gasteiger partial charge in [0, 0.05) is 0 Å². The minimum Gasteiger partial charge on any atom is -0.384 e. The summed E-state index contributed by atoms with van der Waals surface area (Å²) in [6, 6.07) is 5.97. The second-order valence-electron chi connectivity index (χ2n) is 3.39. The highest BCUT2D eigenvalue weighted by atomic mass is 32.2. The van der Waals surface area contributed by atoms with E-state index in [4.69, 9.17) is 0 Å². The SMILES string of the molecule is C=CS(=O)(=O)OC=COS(=O)(=O)c1ccc(C)cc1. The number of rotatable bonds is 6. The summed E-state index contributed by atoms with van der Waals surface area (Å²) in [5, 5.41) is 0.575. The van der Waals surface area contributed by atoms with E-state index in [9.17, 15) is 16.8 Å². The zero-order chi connectivity index (χ0) is 14.5. The predicted octanol–water partition coefficient (Wildman–Crippen LogP) is 1.66. The van der Waals surface area contributed by atoms with Gasteiger partial charge >= 0.3 is 20.2 Å². The summed E-state index contributed by atoms with van der Waals surface area (Å²) in [6.07, 6.45) is 1.22. The Morgan fingerprint density at radius 1 is 1.00 bits per heavy atom. The average molecular weight is 304 g/mol. The fourth-order valence-electron chi connectivity index (χ4n) is 0.996. The molecule has 0 spiro atoms. The first-order valence-electron chi connectivity index (χ1n) is 4.97. The lowest BCUT2D eigenvalue weighted by Gasteiger charge is -2.03. The second-order valence-corrected chi connectivity index (χ2v) is 6.47. The minimum absolute atomic E-state index is 0.0469. The quantitative estimate of drug-likeness (QED) is 0.587. The summed E-state index contributed by atoms with van der Waals surface area (Å²) in [7, 11) is -7.89. The molecule has 0 heterocycles. The molecule has 0 amide bonds. The zero-order valence-corrected chi connectivity index (χ0v) is 11.6. The highest BCUT2D eigenvalue weighted by Crippen LogP contribution is 2.13. The predicted molar refractivity (Wildman–Crippen MR) is 68.8 cm³/mol. The van der Waals surface area contributed by atoms with Crippen LogP contribution in [-0.2, 0) is 28.6 Å². The summed E-state index contributed by atoms with van der Waals surface area (Å²) in [5.41, 5.74) is 0.898. The maximum Gasteiger partial charge on any atom is 0.338 e. The largest absolute Gasteiger partial charge is 0.384 e. The number of aryl methyl sites for hydroxylation is 1. The molecule has 0 N–H and O–H groups in total. The van der Waals surface area contributed by atoms with Crippen LogP contribution < -0.4 is 0 Å². The van der Waals surface area contributed by atoms with Gasteiger partial charge in [0.15, 0.2) is 0 Å². The normalized spacial score (nSPS) is 12.3. The lowest BCUT2D eigenvalue weighted by molar-refractivity contribution is 0.406. The van der Waals surface area contributed by atoms with Crippen molar-refractivity contribution in [3.05, 3.63) is 54.3 Å². The Labute approximate surface area is 112 Å². The first kappa shape index (κ1) is 15.3. The first-order valence-corrected chi connectivity index (χ1v) is 7.85. The molecule has 104 valence electrons. The molecule has 0 radical (unpaired) electrons. The fraction of sp³-hybridized carbons (Fsp3) is 0.0909. The summed E-state index contributed by atoms with van der Waals surface area (Å²) < 4.78 is 53.6. The molecule has 0 aliphatic rings. The first-order chi connectivity index (χ1) is 8.77. The topological polar surface area (TPSA) is 86.7 Å². The van der Waals surface area contributed by atoms with Gasteiger partial charge in [0.1, 0.15) is 17.4 Å². The highest BCUT2D eigenvalue weighted by molar-refractivity contribution is 7.89. The molecule has 0 aliphatic carbocycles. The van der Waals surface area contributed by atoms with Crippen LogP contribution in [-0.4, -0.2) is 16.8 Å². The van der Waals surface area contributed by atoms with E-state index in [-0.39, 0.29) is 4.90 Å². The Morgan fingerprint density at radius 2 is 1.53 bits per heavy atom. The lowest BCUT2D eigenvalue weighted by Crippen LogP contribution is -2.02. The molecule has 1 rings (SSSR count). The van der Waals surface area contributed by atoms with E-state index < -0.39 is 20.2 Å². The Balaban J connectivity index is 2.74. The van der Waals surface area contributed by atoms with Crippen molar-refractivity contribution in [1.82, 2.24) is 0 Å². The zero-order valence-electron chi connectivity index (χ0n) is 10.0. The third-order valence-corrected chi connectivity index (χ3v) is 3.94. The minimum atomic E-state index is -3.99. The van der Waals surface area contributed by atoms with Crippen LogP contribution in [0.2, 0.25) is 0 Å². The molecule has 0 fully saturated rings. The van der Waals surface area contributed by atoms with Crippen LogP contribution >= 0.6 is 0 Å². The van der Waals surface area contributed by atoms with Crippen molar-refractivity contribution < 1.29 is 25.2 Å². The van der Waals surface area contributed by atoms with E-state index in [0.717, 1.165) is 5.56 Å². The van der Waals surface area contributed by atoms with Crippen molar-refractivity contribution in [2.24, 2.45) is 0 Å². The number of hydrogen-bond donors (Lipinski definition) is 0. The highest BCUT2D eigenvalue weighted by Gasteiger charge is 2.13. The van der Waals surface area contributed by atoms with E-state index in [1.807, 2.05) is 6.92 Å². The van der Waals surface area contributed by atoms with Gasteiger partial charge in [-0.25, -0.2) is 0 Å². The fourth-order valence-corrected chi connectivity index (χ4v) is 2.05. The molecule has 0 aromatic heterocycles. The molecule has 1 aromatic rings. The molecule has 0 bridgehead atoms. The van der Waals surface area contributed by atoms with E-state index >= 15 is 0 Å². The van der Waals surface area contributed by atoms with E-state index in [1.165, 1.54) is 12.1 Å². The molecule has 19 heavy (non-hydrogen) atoms. The van der Waals surface area contributed by atoms with Crippen molar-refractivity contribution in [2.45, 2.75) is 11.8 Å². The molecule has 8 heteroatoms. The summed E-state index contributed by atoms with van der Waals surface area (Å²) in [6.45, 7) is 4.82. The third-order valence-electron chi connectivity index (χ3n) is 1.94. The monoisotopic (exact) mass is 304 g/mol. The van der Waals surface area contributed by atoms with Crippen LogP contribution in [0.1, 0.15) is 5.56 Å². The van der Waals surface area contributed by atoms with Crippen LogP contribution in [0.25, 0.3) is 0 Å². The smallest absolute Gasteiger partial charge is 0.338 e. The van der Waals surface area contributed by atoms with Crippen LogP contribution in [0, 0.1) is 6.92 Å². The lowest BCUT2D eigenvalue weighted by atomic mass is 10.2. The van der Waals surface area contributed by atoms with Crippen LogP contribution in [0.3, 0.4) is 0 Å². The van der Waals surface area contributed by atoms with Gasteiger partial charge in [0.25, 0.3) is 0 Å². The van der Waals surface area contributed by atoms with Crippen LogP contribution in [0.15, 0.2) is 53.7 Å². The summed E-state index contributed by atoms with van der Waals surface area (Å²) in [5.74, 6) is 0. The Hall–Kier alpha value is -1.80. The molecule has 0 atom stereocenters. The molecule has 1 aromatic carbocycles. The maximum absolute atomic E-state index is 11.6. The summed E-state index contributed by atoms with van der Waals surface area (Å²) >= 11 is 0. The molecule has 0 saturated carbocycles. The van der Waals surface area contributed by atoms with Gasteiger partial charge in [0.05, 0.1) is 5.41 Å². The molecule has 0 unspecified atom stereocenters. The van der Waals surface area contributed by atoms with Crippen molar-refractivity contribution in [3.8, 4) is 0 Å². The van der Waals surface area contributed by atoms with E-state index in [0.29, 0.717) is 17.9 Å². The summed E-state index contributed by atoms with van der Waals surface area (Å²) in [4.78, 5) is -0.0469. The third kappa shape index (κ3) is 4.76. The van der Waals surface area contributed by atoms with E-state index in [1.54, 1.807) is 12.1 Å². The van der Waals surface area contributed by atoms with Gasteiger partial charge in [-0.3, -0.25) is 0 Å². The van der Waals surface area contributed by atoms with Crippen molar-refractivity contribution in [3.63, 3.8) is 0 Å². The Kier molecular flexibility index (Phi) is 4.73. The van der Waals surface area contributed by atoms with Gasteiger partial charge < -0.3 is 8.37 Å². The van der Waals surface area contributed by atoms with Crippen molar-refractivity contribution >= 4 is 20.2 Å². The van der Waals surface area contributed by atoms with E-state index in [2.05, 4.69) is 14.9 Å². The van der Waals surface area contributed by atoms with Crippen molar-refractivity contribution in [1.29, 1.82) is 0 Å². The Bertz CT molecular complexity index is 668. The van der Waals surface area contributed by atoms with Gasteiger partial charge in [-0.1, -0.05) is 24.3 Å². The Morgan fingerprint density at radius 3 is 2.05 bits per heavy atom. The molecular weight excluding hydrogens is 292 g/mol. The number of hydrogen-bond acceptors (Lipinski definition) is 6. The van der Waals surface area contributed by atoms with Gasteiger partial charge in [0.2, 0.25) is 0 Å². The standard InChI is InChI=1S/C11H12O6S2/c1-3-18(12,13)16-8-9-17-19(14,15)11-6-4-10(2)5-7-11/h3-9H,1H2,2H3. The molecule has 6 nitrogen and oxygen atoms in total. The average Bonchev–Trinajstić information content (AvgIpc) is 2.35. The van der Waals surface area contributed by atoms with Gasteiger partial charge in [-0.05, 0) is 19.1 Å². The number of benzene rings is 1. The van der Waals surface area contributed by atoms with Gasteiger partial charge in [-0.2, -0.15) is 16.8 Å². The second kappa shape index (κ2) is 5.89. The molecular formula is C11H12O6S2. The van der Waals surface area contributed by atoms with Crippen LogP contribution in [0.4, 0.5) is 0 Å².